The van der Waals surface area contributed by atoms with E-state index in [1.54, 1.807) is 0 Å². The van der Waals surface area contributed by atoms with Crippen molar-refractivity contribution in [2.24, 2.45) is 0 Å². The van der Waals surface area contributed by atoms with Crippen LogP contribution >= 0.6 is 15.9 Å². The highest BCUT2D eigenvalue weighted by Gasteiger charge is 2.01. The van der Waals surface area contributed by atoms with E-state index in [-0.39, 0.29) is 0 Å². The van der Waals surface area contributed by atoms with Gasteiger partial charge in [-0.3, -0.25) is 0 Å². The number of halogens is 1. The van der Waals surface area contributed by atoms with Gasteiger partial charge in [-0.2, -0.15) is 0 Å². The minimum absolute atomic E-state index is 1.01. The zero-order chi connectivity index (χ0) is 11.5. The van der Waals surface area contributed by atoms with Gasteiger partial charge in [-0.05, 0) is 49.1 Å². The molecular formula is C15H15Br. The zero-order valence-electron chi connectivity index (χ0n) is 9.63. The molecule has 0 saturated heterocycles. The molecule has 0 aliphatic rings. The van der Waals surface area contributed by atoms with Crippen molar-refractivity contribution < 1.29 is 0 Å². The normalized spacial score (nSPS) is 10.4. The van der Waals surface area contributed by atoms with Gasteiger partial charge in [0.25, 0.3) is 0 Å². The Morgan fingerprint density at radius 2 is 1.62 bits per heavy atom. The highest BCUT2D eigenvalue weighted by Crippen LogP contribution is 2.19. The van der Waals surface area contributed by atoms with Crippen LogP contribution in [0.2, 0.25) is 0 Å². The fourth-order valence-corrected chi connectivity index (χ4v) is 2.16. The first-order valence-electron chi connectivity index (χ1n) is 5.46. The second-order valence-electron chi connectivity index (χ2n) is 4.23. The molecule has 0 bridgehead atoms. The molecule has 2 aromatic rings. The molecule has 0 fully saturated rings. The van der Waals surface area contributed by atoms with Crippen molar-refractivity contribution >= 4 is 15.9 Å². The van der Waals surface area contributed by atoms with Crippen LogP contribution < -0.4 is 0 Å². The first-order valence-corrected chi connectivity index (χ1v) is 6.25. The van der Waals surface area contributed by atoms with Crippen LogP contribution in [-0.2, 0) is 6.42 Å². The minimum Gasteiger partial charge on any atom is -0.0590 e. The monoisotopic (exact) mass is 274 g/mol. The highest BCUT2D eigenvalue weighted by molar-refractivity contribution is 9.10. The molecule has 2 rings (SSSR count). The van der Waals surface area contributed by atoms with Gasteiger partial charge >= 0.3 is 0 Å². The Balaban J connectivity index is 2.26. The van der Waals surface area contributed by atoms with Crippen LogP contribution in [0.3, 0.4) is 0 Å². The highest BCUT2D eigenvalue weighted by atomic mass is 79.9. The van der Waals surface area contributed by atoms with Crippen LogP contribution in [0.1, 0.15) is 22.3 Å². The molecule has 82 valence electrons. The maximum Gasteiger partial charge on any atom is 0.0178 e. The standard InChI is InChI=1S/C15H15Br/c1-11-3-6-13(7-4-11)9-14-10-15(16)8-5-12(14)2/h3-8,10H,9H2,1-2H3. The summed E-state index contributed by atoms with van der Waals surface area (Å²) < 4.78 is 1.15. The second kappa shape index (κ2) is 4.84. The molecule has 0 atom stereocenters. The molecule has 0 N–H and O–H groups in total. The van der Waals surface area contributed by atoms with E-state index in [4.69, 9.17) is 0 Å². The Morgan fingerprint density at radius 1 is 0.938 bits per heavy atom. The van der Waals surface area contributed by atoms with Gasteiger partial charge in [-0.15, -0.1) is 0 Å². The summed E-state index contributed by atoms with van der Waals surface area (Å²) in [6, 6.07) is 15.2. The van der Waals surface area contributed by atoms with Crippen LogP contribution in [0, 0.1) is 13.8 Å². The van der Waals surface area contributed by atoms with Gasteiger partial charge in [0.15, 0.2) is 0 Å². The number of hydrogen-bond donors (Lipinski definition) is 0. The molecular weight excluding hydrogens is 260 g/mol. The van der Waals surface area contributed by atoms with Crippen molar-refractivity contribution in [1.82, 2.24) is 0 Å². The molecule has 0 spiro atoms. The van der Waals surface area contributed by atoms with Crippen molar-refractivity contribution in [3.05, 3.63) is 69.2 Å². The Labute approximate surface area is 105 Å². The minimum atomic E-state index is 1.01. The van der Waals surface area contributed by atoms with Gasteiger partial charge in [0.05, 0.1) is 0 Å². The third-order valence-electron chi connectivity index (χ3n) is 2.83. The molecule has 0 aliphatic carbocycles. The van der Waals surface area contributed by atoms with Crippen molar-refractivity contribution in [3.63, 3.8) is 0 Å². The Morgan fingerprint density at radius 3 is 2.31 bits per heavy atom. The van der Waals surface area contributed by atoms with Crippen molar-refractivity contribution in [2.75, 3.05) is 0 Å². The molecule has 0 saturated carbocycles. The lowest BCUT2D eigenvalue weighted by Crippen LogP contribution is -1.91. The summed E-state index contributed by atoms with van der Waals surface area (Å²) in [6.45, 7) is 4.28. The van der Waals surface area contributed by atoms with E-state index in [9.17, 15) is 0 Å². The number of aryl methyl sites for hydroxylation is 2. The summed E-state index contributed by atoms with van der Waals surface area (Å²) in [6.07, 6.45) is 1.01. The van der Waals surface area contributed by atoms with Crippen LogP contribution in [0.5, 0.6) is 0 Å². The summed E-state index contributed by atoms with van der Waals surface area (Å²) in [4.78, 5) is 0. The average molecular weight is 275 g/mol. The summed E-state index contributed by atoms with van der Waals surface area (Å²) >= 11 is 3.52. The van der Waals surface area contributed by atoms with E-state index in [1.807, 2.05) is 0 Å². The number of benzene rings is 2. The first-order chi connectivity index (χ1) is 7.65. The average Bonchev–Trinajstić information content (AvgIpc) is 2.27. The number of rotatable bonds is 2. The quantitative estimate of drug-likeness (QED) is 0.748. The summed E-state index contributed by atoms with van der Waals surface area (Å²) in [5.41, 5.74) is 5.42. The lowest BCUT2D eigenvalue weighted by molar-refractivity contribution is 1.15. The predicted octanol–water partition coefficient (Wildman–Crippen LogP) is 4.66. The van der Waals surface area contributed by atoms with Crippen molar-refractivity contribution in [1.29, 1.82) is 0 Å². The van der Waals surface area contributed by atoms with E-state index in [0.29, 0.717) is 0 Å². The Bertz CT molecular complexity index is 483. The van der Waals surface area contributed by atoms with Gasteiger partial charge < -0.3 is 0 Å². The fourth-order valence-electron chi connectivity index (χ4n) is 1.76. The summed E-state index contributed by atoms with van der Waals surface area (Å²) in [5.74, 6) is 0. The summed E-state index contributed by atoms with van der Waals surface area (Å²) in [5, 5.41) is 0. The van der Waals surface area contributed by atoms with Crippen LogP contribution in [0.4, 0.5) is 0 Å². The molecule has 0 nitrogen and oxygen atoms in total. The second-order valence-corrected chi connectivity index (χ2v) is 5.15. The molecule has 0 radical (unpaired) electrons. The molecule has 16 heavy (non-hydrogen) atoms. The van der Waals surface area contributed by atoms with E-state index < -0.39 is 0 Å². The molecule has 2 aromatic carbocycles. The Hall–Kier alpha value is -1.08. The van der Waals surface area contributed by atoms with Crippen LogP contribution in [-0.4, -0.2) is 0 Å². The molecule has 0 unspecified atom stereocenters. The summed E-state index contributed by atoms with van der Waals surface area (Å²) in [7, 11) is 0. The molecule has 0 aliphatic heterocycles. The smallest absolute Gasteiger partial charge is 0.0178 e. The maximum atomic E-state index is 3.52. The van der Waals surface area contributed by atoms with Crippen LogP contribution in [0.15, 0.2) is 46.9 Å². The SMILES string of the molecule is Cc1ccc(Cc2cc(Br)ccc2C)cc1. The third-order valence-corrected chi connectivity index (χ3v) is 3.32. The van der Waals surface area contributed by atoms with E-state index >= 15 is 0 Å². The lowest BCUT2D eigenvalue weighted by Gasteiger charge is -2.07. The van der Waals surface area contributed by atoms with Gasteiger partial charge in [-0.25, -0.2) is 0 Å². The maximum absolute atomic E-state index is 3.52. The topological polar surface area (TPSA) is 0 Å². The number of hydrogen-bond acceptors (Lipinski definition) is 0. The van der Waals surface area contributed by atoms with E-state index in [1.165, 1.54) is 22.3 Å². The lowest BCUT2D eigenvalue weighted by atomic mass is 10.00. The zero-order valence-corrected chi connectivity index (χ0v) is 11.2. The fraction of sp³-hybridized carbons (Fsp3) is 0.200. The Kier molecular flexibility index (Phi) is 3.45. The van der Waals surface area contributed by atoms with E-state index in [2.05, 4.69) is 72.2 Å². The van der Waals surface area contributed by atoms with Gasteiger partial charge in [0, 0.05) is 4.47 Å². The van der Waals surface area contributed by atoms with Gasteiger partial charge in [0.1, 0.15) is 0 Å². The third kappa shape index (κ3) is 2.73. The molecule has 0 amide bonds. The van der Waals surface area contributed by atoms with Gasteiger partial charge in [-0.1, -0.05) is 51.8 Å². The van der Waals surface area contributed by atoms with Gasteiger partial charge in [0.2, 0.25) is 0 Å². The van der Waals surface area contributed by atoms with E-state index in [0.717, 1.165) is 10.9 Å². The molecule has 0 aromatic heterocycles. The van der Waals surface area contributed by atoms with Crippen LogP contribution in [0.25, 0.3) is 0 Å². The van der Waals surface area contributed by atoms with Crippen molar-refractivity contribution in [2.45, 2.75) is 20.3 Å². The largest absolute Gasteiger partial charge is 0.0590 e. The van der Waals surface area contributed by atoms with Crippen molar-refractivity contribution in [3.8, 4) is 0 Å². The molecule has 1 heteroatoms. The first kappa shape index (κ1) is 11.4. The molecule has 0 heterocycles. The predicted molar refractivity (Wildman–Crippen MR) is 72.9 cm³/mol.